The molecule has 0 bridgehead atoms. The van der Waals surface area contributed by atoms with Gasteiger partial charge in [-0.05, 0) is 18.9 Å². The quantitative estimate of drug-likeness (QED) is 0.854. The fourth-order valence-electron chi connectivity index (χ4n) is 1.86. The molecule has 0 aliphatic carbocycles. The summed E-state index contributed by atoms with van der Waals surface area (Å²) in [4.78, 5) is 12.0. The Balaban J connectivity index is 2.04. The highest BCUT2D eigenvalue weighted by Crippen LogP contribution is 2.28. The van der Waals surface area contributed by atoms with Gasteiger partial charge in [0.15, 0.2) is 0 Å². The van der Waals surface area contributed by atoms with Crippen molar-refractivity contribution in [2.75, 3.05) is 5.32 Å². The molecule has 2 rings (SSSR count). The summed E-state index contributed by atoms with van der Waals surface area (Å²) in [6, 6.07) is 1.62. The average Bonchev–Trinajstić information content (AvgIpc) is 3.09. The second-order valence-electron chi connectivity index (χ2n) is 4.42. The Kier molecular flexibility index (Phi) is 4.86. The maximum atomic E-state index is 12.0. The zero-order valence-electron chi connectivity index (χ0n) is 11.5. The van der Waals surface area contributed by atoms with Crippen molar-refractivity contribution in [2.24, 2.45) is 5.73 Å². The van der Waals surface area contributed by atoms with Gasteiger partial charge in [-0.15, -0.1) is 10.2 Å². The molecule has 0 radical (unpaired) electrons. The van der Waals surface area contributed by atoms with Crippen molar-refractivity contribution in [3.8, 4) is 0 Å². The summed E-state index contributed by atoms with van der Waals surface area (Å²) in [5.41, 5.74) is 5.87. The van der Waals surface area contributed by atoms with Crippen molar-refractivity contribution >= 4 is 22.4 Å². The molecule has 0 atom stereocenters. The van der Waals surface area contributed by atoms with Gasteiger partial charge in [-0.3, -0.25) is 10.1 Å². The van der Waals surface area contributed by atoms with E-state index in [9.17, 15) is 4.79 Å². The SMILES string of the molecule is CCC(CC)c1nnc(NC(=O)c2coc(CN)c2)s1. The number of nitrogens with zero attached hydrogens (tertiary/aromatic N) is 2. The highest BCUT2D eigenvalue weighted by molar-refractivity contribution is 7.15. The molecule has 0 aromatic carbocycles. The third kappa shape index (κ3) is 3.23. The van der Waals surface area contributed by atoms with Crippen molar-refractivity contribution in [1.82, 2.24) is 10.2 Å². The molecular formula is C13H18N4O2S. The summed E-state index contributed by atoms with van der Waals surface area (Å²) in [6.45, 7) is 4.51. The standard InChI is InChI=1S/C13H18N4O2S/c1-3-8(4-2)12-16-17-13(20-12)15-11(18)9-5-10(6-14)19-7-9/h5,7-8H,3-4,6,14H2,1-2H3,(H,15,17,18). The predicted octanol–water partition coefficient (Wildman–Crippen LogP) is 2.75. The lowest BCUT2D eigenvalue weighted by Gasteiger charge is -2.05. The van der Waals surface area contributed by atoms with Crippen LogP contribution in [-0.4, -0.2) is 16.1 Å². The van der Waals surface area contributed by atoms with Crippen molar-refractivity contribution in [3.63, 3.8) is 0 Å². The molecule has 0 aliphatic heterocycles. The van der Waals surface area contributed by atoms with Crippen LogP contribution in [0.15, 0.2) is 16.7 Å². The van der Waals surface area contributed by atoms with Gasteiger partial charge in [0.05, 0.1) is 12.1 Å². The van der Waals surface area contributed by atoms with E-state index >= 15 is 0 Å². The van der Waals surface area contributed by atoms with Crippen LogP contribution in [0.5, 0.6) is 0 Å². The van der Waals surface area contributed by atoms with Crippen molar-refractivity contribution < 1.29 is 9.21 Å². The predicted molar refractivity (Wildman–Crippen MR) is 77.8 cm³/mol. The van der Waals surface area contributed by atoms with E-state index in [1.165, 1.54) is 17.6 Å². The first-order valence-electron chi connectivity index (χ1n) is 6.60. The van der Waals surface area contributed by atoms with Crippen LogP contribution in [-0.2, 0) is 6.54 Å². The highest BCUT2D eigenvalue weighted by Gasteiger charge is 2.16. The zero-order chi connectivity index (χ0) is 14.5. The van der Waals surface area contributed by atoms with E-state index in [4.69, 9.17) is 10.2 Å². The maximum absolute atomic E-state index is 12.0. The van der Waals surface area contributed by atoms with Crippen molar-refractivity contribution in [3.05, 3.63) is 28.7 Å². The molecule has 0 aliphatic rings. The fraction of sp³-hybridized carbons (Fsp3) is 0.462. The summed E-state index contributed by atoms with van der Waals surface area (Å²) in [7, 11) is 0. The van der Waals surface area contributed by atoms with E-state index in [0.717, 1.165) is 17.8 Å². The normalized spacial score (nSPS) is 11.0. The van der Waals surface area contributed by atoms with Gasteiger partial charge in [0, 0.05) is 5.92 Å². The molecule has 1 amide bonds. The summed E-state index contributed by atoms with van der Waals surface area (Å²) < 4.78 is 5.13. The van der Waals surface area contributed by atoms with Gasteiger partial charge in [-0.2, -0.15) is 0 Å². The molecule has 2 aromatic heterocycles. The van der Waals surface area contributed by atoms with Crippen LogP contribution in [0.4, 0.5) is 5.13 Å². The molecule has 0 spiro atoms. The smallest absolute Gasteiger partial charge is 0.260 e. The first kappa shape index (κ1) is 14.7. The molecule has 108 valence electrons. The van der Waals surface area contributed by atoms with E-state index in [2.05, 4.69) is 29.4 Å². The minimum atomic E-state index is -0.263. The van der Waals surface area contributed by atoms with Crippen LogP contribution in [0.25, 0.3) is 0 Å². The van der Waals surface area contributed by atoms with Crippen LogP contribution in [0.1, 0.15) is 53.7 Å². The first-order valence-corrected chi connectivity index (χ1v) is 7.41. The molecule has 20 heavy (non-hydrogen) atoms. The van der Waals surface area contributed by atoms with Gasteiger partial charge >= 0.3 is 0 Å². The van der Waals surface area contributed by atoms with Crippen molar-refractivity contribution in [2.45, 2.75) is 39.2 Å². The average molecular weight is 294 g/mol. The van der Waals surface area contributed by atoms with Gasteiger partial charge in [0.1, 0.15) is 17.0 Å². The number of nitrogens with two attached hydrogens (primary N) is 1. The Hall–Kier alpha value is -1.73. The Morgan fingerprint density at radius 3 is 2.80 bits per heavy atom. The Labute approximate surface area is 121 Å². The maximum Gasteiger partial charge on any atom is 0.260 e. The number of rotatable bonds is 6. The van der Waals surface area contributed by atoms with Gasteiger partial charge in [-0.25, -0.2) is 0 Å². The van der Waals surface area contributed by atoms with Gasteiger partial charge in [-0.1, -0.05) is 25.2 Å². The Morgan fingerprint density at radius 1 is 1.45 bits per heavy atom. The molecule has 6 nitrogen and oxygen atoms in total. The molecule has 2 heterocycles. The number of carbonyl (C=O) groups excluding carboxylic acids is 1. The third-order valence-corrected chi connectivity index (χ3v) is 4.11. The molecule has 0 saturated carbocycles. The van der Waals surface area contributed by atoms with Crippen LogP contribution >= 0.6 is 11.3 Å². The fourth-order valence-corrected chi connectivity index (χ4v) is 2.87. The van der Waals surface area contributed by atoms with E-state index in [1.54, 1.807) is 6.07 Å². The van der Waals surface area contributed by atoms with E-state index in [-0.39, 0.29) is 12.5 Å². The topological polar surface area (TPSA) is 94.0 Å². The van der Waals surface area contributed by atoms with Crippen LogP contribution < -0.4 is 11.1 Å². The number of hydrogen-bond acceptors (Lipinski definition) is 6. The lowest BCUT2D eigenvalue weighted by molar-refractivity contribution is 0.102. The van der Waals surface area contributed by atoms with E-state index in [1.807, 2.05) is 0 Å². The van der Waals surface area contributed by atoms with E-state index in [0.29, 0.717) is 22.4 Å². The third-order valence-electron chi connectivity index (χ3n) is 3.11. The molecular weight excluding hydrogens is 276 g/mol. The summed E-state index contributed by atoms with van der Waals surface area (Å²) in [5, 5.41) is 12.3. The number of furan rings is 1. The lowest BCUT2D eigenvalue weighted by atomic mass is 10.1. The number of aromatic nitrogens is 2. The Morgan fingerprint density at radius 2 is 2.20 bits per heavy atom. The van der Waals surface area contributed by atoms with Gasteiger partial charge in [0.25, 0.3) is 5.91 Å². The molecule has 0 fully saturated rings. The number of carbonyl (C=O) groups is 1. The van der Waals surface area contributed by atoms with Gasteiger partial charge < -0.3 is 10.2 Å². The monoisotopic (exact) mass is 294 g/mol. The van der Waals surface area contributed by atoms with Crippen LogP contribution in [0.2, 0.25) is 0 Å². The Bertz CT molecular complexity index is 574. The minimum absolute atomic E-state index is 0.263. The van der Waals surface area contributed by atoms with Gasteiger partial charge in [0.2, 0.25) is 5.13 Å². The van der Waals surface area contributed by atoms with Crippen molar-refractivity contribution in [1.29, 1.82) is 0 Å². The second-order valence-corrected chi connectivity index (χ2v) is 5.43. The number of hydrogen-bond donors (Lipinski definition) is 2. The van der Waals surface area contributed by atoms with Crippen LogP contribution in [0, 0.1) is 0 Å². The molecule has 0 saturated heterocycles. The first-order chi connectivity index (χ1) is 9.67. The molecule has 3 N–H and O–H groups in total. The number of nitrogens with one attached hydrogen (secondary N) is 1. The van der Waals surface area contributed by atoms with E-state index < -0.39 is 0 Å². The number of amides is 1. The van der Waals surface area contributed by atoms with Crippen LogP contribution in [0.3, 0.4) is 0 Å². The molecule has 0 unspecified atom stereocenters. The summed E-state index contributed by atoms with van der Waals surface area (Å²) in [5.74, 6) is 0.710. The highest BCUT2D eigenvalue weighted by atomic mass is 32.1. The zero-order valence-corrected chi connectivity index (χ0v) is 12.4. The summed E-state index contributed by atoms with van der Waals surface area (Å²) in [6.07, 6.45) is 3.42. The molecule has 7 heteroatoms. The number of anilines is 1. The molecule has 2 aromatic rings. The summed E-state index contributed by atoms with van der Waals surface area (Å²) >= 11 is 1.42. The largest absolute Gasteiger partial charge is 0.467 e. The lowest BCUT2D eigenvalue weighted by Crippen LogP contribution is -2.10. The minimum Gasteiger partial charge on any atom is -0.467 e. The second kappa shape index (κ2) is 6.62.